The van der Waals surface area contributed by atoms with E-state index in [4.69, 9.17) is 0 Å². The molecule has 0 radical (unpaired) electrons. The molecule has 0 atom stereocenters. The Morgan fingerprint density at radius 1 is 1.60 bits per heavy atom. The van der Waals surface area contributed by atoms with E-state index >= 15 is 0 Å². The molecular weight excluding hydrogens is 124 g/mol. The lowest BCUT2D eigenvalue weighted by Crippen LogP contribution is -1.91. The summed E-state index contributed by atoms with van der Waals surface area (Å²) >= 11 is 0. The van der Waals surface area contributed by atoms with Gasteiger partial charge in [0.2, 0.25) is 0 Å². The zero-order valence-corrected chi connectivity index (χ0v) is 6.02. The normalized spacial score (nSPS) is 14.5. The summed E-state index contributed by atoms with van der Waals surface area (Å²) in [4.78, 5) is 4.21. The van der Waals surface area contributed by atoms with Crippen LogP contribution >= 0.6 is 0 Å². The number of nitrogens with one attached hydrogen (secondary N) is 1. The number of nitrogens with zero attached hydrogens (tertiary/aromatic N) is 1. The van der Waals surface area contributed by atoms with Crippen LogP contribution < -0.4 is 5.32 Å². The van der Waals surface area contributed by atoms with Crippen LogP contribution in [0.4, 0.5) is 5.69 Å². The quantitative estimate of drug-likeness (QED) is 0.579. The standard InChI is InChI=1S/C8H10N2/c1-6-4-8-7(5-10-6)2-3-9-8/h4-5,9H,2-3H2,1H3. The lowest BCUT2D eigenvalue weighted by atomic mass is 10.2. The minimum Gasteiger partial charge on any atom is -0.384 e. The third-order valence-corrected chi connectivity index (χ3v) is 1.83. The molecule has 1 aliphatic rings. The molecule has 2 heterocycles. The summed E-state index contributed by atoms with van der Waals surface area (Å²) in [5.41, 5.74) is 3.71. The molecule has 1 aromatic heterocycles. The van der Waals surface area contributed by atoms with Crippen molar-refractivity contribution in [3.05, 3.63) is 23.5 Å². The molecule has 0 saturated heterocycles. The monoisotopic (exact) mass is 134 g/mol. The minimum absolute atomic E-state index is 1.07. The number of anilines is 1. The van der Waals surface area contributed by atoms with Crippen molar-refractivity contribution in [2.24, 2.45) is 0 Å². The van der Waals surface area contributed by atoms with Crippen LogP contribution in [0, 0.1) is 6.92 Å². The lowest BCUT2D eigenvalue weighted by molar-refractivity contribution is 1.08. The summed E-state index contributed by atoms with van der Waals surface area (Å²) in [5, 5.41) is 3.30. The number of aryl methyl sites for hydroxylation is 1. The van der Waals surface area contributed by atoms with E-state index in [0.29, 0.717) is 0 Å². The zero-order chi connectivity index (χ0) is 6.97. The van der Waals surface area contributed by atoms with Crippen LogP contribution in [0.25, 0.3) is 0 Å². The molecule has 0 unspecified atom stereocenters. The van der Waals surface area contributed by atoms with Crippen molar-refractivity contribution in [1.29, 1.82) is 0 Å². The molecule has 52 valence electrons. The average Bonchev–Trinajstić information content (AvgIpc) is 2.33. The molecule has 10 heavy (non-hydrogen) atoms. The number of rotatable bonds is 0. The highest BCUT2D eigenvalue weighted by molar-refractivity contribution is 5.54. The molecule has 0 saturated carbocycles. The summed E-state index contributed by atoms with van der Waals surface area (Å²) in [5.74, 6) is 0. The van der Waals surface area contributed by atoms with E-state index in [-0.39, 0.29) is 0 Å². The highest BCUT2D eigenvalue weighted by atomic mass is 14.9. The van der Waals surface area contributed by atoms with Crippen molar-refractivity contribution in [1.82, 2.24) is 4.98 Å². The van der Waals surface area contributed by atoms with E-state index in [1.54, 1.807) is 0 Å². The smallest absolute Gasteiger partial charge is 0.0407 e. The van der Waals surface area contributed by atoms with Gasteiger partial charge in [0.25, 0.3) is 0 Å². The SMILES string of the molecule is Cc1cc2c(cn1)CCN2. The maximum atomic E-state index is 4.21. The molecule has 1 aromatic rings. The van der Waals surface area contributed by atoms with Crippen LogP contribution in [0.15, 0.2) is 12.3 Å². The van der Waals surface area contributed by atoms with Gasteiger partial charge in [0.1, 0.15) is 0 Å². The van der Waals surface area contributed by atoms with E-state index < -0.39 is 0 Å². The average molecular weight is 134 g/mol. The van der Waals surface area contributed by atoms with Crippen molar-refractivity contribution in [3.8, 4) is 0 Å². The molecule has 0 aliphatic carbocycles. The van der Waals surface area contributed by atoms with Crippen molar-refractivity contribution in [2.45, 2.75) is 13.3 Å². The van der Waals surface area contributed by atoms with Crippen LogP contribution in [0.3, 0.4) is 0 Å². The summed E-state index contributed by atoms with van der Waals surface area (Å²) in [6, 6.07) is 2.10. The number of pyridine rings is 1. The highest BCUT2D eigenvalue weighted by Gasteiger charge is 2.08. The summed E-state index contributed by atoms with van der Waals surface area (Å²) in [6.07, 6.45) is 3.09. The predicted molar refractivity (Wildman–Crippen MR) is 41.2 cm³/mol. The van der Waals surface area contributed by atoms with Crippen molar-refractivity contribution in [3.63, 3.8) is 0 Å². The highest BCUT2D eigenvalue weighted by Crippen LogP contribution is 2.20. The van der Waals surface area contributed by atoms with Crippen LogP contribution in [-0.4, -0.2) is 11.5 Å². The third kappa shape index (κ3) is 0.764. The van der Waals surface area contributed by atoms with E-state index in [1.165, 1.54) is 11.3 Å². The van der Waals surface area contributed by atoms with E-state index in [0.717, 1.165) is 18.7 Å². The second-order valence-corrected chi connectivity index (χ2v) is 2.66. The van der Waals surface area contributed by atoms with Gasteiger partial charge >= 0.3 is 0 Å². The molecule has 0 bridgehead atoms. The largest absolute Gasteiger partial charge is 0.384 e. The molecule has 1 N–H and O–H groups in total. The van der Waals surface area contributed by atoms with Gasteiger partial charge in [-0.2, -0.15) is 0 Å². The second kappa shape index (κ2) is 1.97. The topological polar surface area (TPSA) is 24.9 Å². The van der Waals surface area contributed by atoms with Crippen LogP contribution in [-0.2, 0) is 6.42 Å². The maximum Gasteiger partial charge on any atom is 0.0407 e. The summed E-state index contributed by atoms with van der Waals surface area (Å²) in [7, 11) is 0. The van der Waals surface area contributed by atoms with Gasteiger partial charge in [-0.3, -0.25) is 4.98 Å². The molecular formula is C8H10N2. The first-order chi connectivity index (χ1) is 4.86. The molecule has 0 amide bonds. The van der Waals surface area contributed by atoms with Crippen molar-refractivity contribution in [2.75, 3.05) is 11.9 Å². The molecule has 1 aliphatic heterocycles. The predicted octanol–water partition coefficient (Wildman–Crippen LogP) is 1.36. The molecule has 0 aromatic carbocycles. The first kappa shape index (κ1) is 5.71. The van der Waals surface area contributed by atoms with Crippen LogP contribution in [0.1, 0.15) is 11.3 Å². The Morgan fingerprint density at radius 2 is 2.50 bits per heavy atom. The minimum atomic E-state index is 1.07. The lowest BCUT2D eigenvalue weighted by Gasteiger charge is -1.98. The van der Waals surface area contributed by atoms with Crippen molar-refractivity contribution >= 4 is 5.69 Å². The van der Waals surface area contributed by atoms with E-state index in [9.17, 15) is 0 Å². The first-order valence-corrected chi connectivity index (χ1v) is 3.55. The molecule has 0 fully saturated rings. The van der Waals surface area contributed by atoms with Gasteiger partial charge in [-0.1, -0.05) is 0 Å². The van der Waals surface area contributed by atoms with Gasteiger partial charge in [0, 0.05) is 24.1 Å². The third-order valence-electron chi connectivity index (χ3n) is 1.83. The number of fused-ring (bicyclic) bond motifs is 1. The van der Waals surface area contributed by atoms with Gasteiger partial charge in [0.15, 0.2) is 0 Å². The van der Waals surface area contributed by atoms with Gasteiger partial charge in [0.05, 0.1) is 0 Å². The van der Waals surface area contributed by atoms with Gasteiger partial charge in [-0.25, -0.2) is 0 Å². The molecule has 2 heteroatoms. The second-order valence-electron chi connectivity index (χ2n) is 2.66. The Bertz CT molecular complexity index is 255. The molecule has 2 rings (SSSR count). The number of aromatic nitrogens is 1. The Labute approximate surface area is 60.3 Å². The Morgan fingerprint density at radius 3 is 3.40 bits per heavy atom. The number of hydrogen-bond acceptors (Lipinski definition) is 2. The maximum absolute atomic E-state index is 4.21. The fraction of sp³-hybridized carbons (Fsp3) is 0.375. The molecule has 2 nitrogen and oxygen atoms in total. The van der Waals surface area contributed by atoms with Crippen molar-refractivity contribution < 1.29 is 0 Å². The fourth-order valence-corrected chi connectivity index (χ4v) is 1.28. The van der Waals surface area contributed by atoms with Gasteiger partial charge < -0.3 is 5.32 Å². The summed E-state index contributed by atoms with van der Waals surface area (Å²) in [6.45, 7) is 3.08. The van der Waals surface area contributed by atoms with Gasteiger partial charge in [-0.05, 0) is 25.0 Å². The fourth-order valence-electron chi connectivity index (χ4n) is 1.28. The first-order valence-electron chi connectivity index (χ1n) is 3.55. The Kier molecular flexibility index (Phi) is 1.13. The number of hydrogen-bond donors (Lipinski definition) is 1. The van der Waals surface area contributed by atoms with Crippen LogP contribution in [0.2, 0.25) is 0 Å². The van der Waals surface area contributed by atoms with Gasteiger partial charge in [-0.15, -0.1) is 0 Å². The summed E-state index contributed by atoms with van der Waals surface area (Å²) < 4.78 is 0. The van der Waals surface area contributed by atoms with Crippen LogP contribution in [0.5, 0.6) is 0 Å². The van der Waals surface area contributed by atoms with E-state index in [1.807, 2.05) is 13.1 Å². The zero-order valence-electron chi connectivity index (χ0n) is 6.02. The molecule has 0 spiro atoms. The Hall–Kier alpha value is -1.05. The van der Waals surface area contributed by atoms with E-state index in [2.05, 4.69) is 16.4 Å². The Balaban J connectivity index is 2.52.